The number of carbonyl (C=O) groups excluding carboxylic acids is 2. The van der Waals surface area contributed by atoms with Gasteiger partial charge in [0.25, 0.3) is 11.7 Å². The summed E-state index contributed by atoms with van der Waals surface area (Å²) in [5.74, 6) is -4.86. The number of ether oxygens (including phenoxy) is 1. The van der Waals surface area contributed by atoms with Gasteiger partial charge in [0, 0.05) is 6.92 Å². The van der Waals surface area contributed by atoms with Gasteiger partial charge in [-0.05, 0) is 12.1 Å². The molecule has 10 heteroatoms. The molecule has 0 saturated carbocycles. The summed E-state index contributed by atoms with van der Waals surface area (Å²) in [6.07, 6.45) is -0.890. The quantitative estimate of drug-likeness (QED) is 0.641. The van der Waals surface area contributed by atoms with E-state index in [9.17, 15) is 24.7 Å². The second-order valence-electron chi connectivity index (χ2n) is 5.30. The van der Waals surface area contributed by atoms with Crippen LogP contribution in [0.25, 0.3) is 0 Å². The minimum absolute atomic E-state index is 0.115. The molecule has 0 radical (unpaired) electrons. The lowest BCUT2D eigenvalue weighted by Crippen LogP contribution is -2.85. The fraction of sp³-hybridized carbons (Fsp3) is 0.357. The van der Waals surface area contributed by atoms with Crippen LogP contribution in [0.2, 0.25) is 0 Å². The van der Waals surface area contributed by atoms with Crippen LogP contribution >= 0.6 is 11.8 Å². The number of carboxylic acids is 1. The number of fused-ring (bicyclic) bond motifs is 1. The molecule has 2 aliphatic heterocycles. The van der Waals surface area contributed by atoms with Crippen LogP contribution in [0.4, 0.5) is 0 Å². The highest BCUT2D eigenvalue weighted by Crippen LogP contribution is 2.43. The van der Waals surface area contributed by atoms with Crippen LogP contribution in [-0.4, -0.2) is 61.2 Å². The number of thioether (sulfide) groups is 1. The van der Waals surface area contributed by atoms with Crippen molar-refractivity contribution in [1.29, 1.82) is 0 Å². The highest BCUT2D eigenvalue weighted by Gasteiger charge is 2.67. The monoisotopic (exact) mass is 353 g/mol. The molecular formula is C14H15N3O6S. The number of carboxylic acid groups (broad SMARTS) is 1. The molecule has 1 aromatic carbocycles. The van der Waals surface area contributed by atoms with Gasteiger partial charge in [0.1, 0.15) is 11.1 Å². The summed E-state index contributed by atoms with van der Waals surface area (Å²) in [5, 5.41) is 21.5. The van der Waals surface area contributed by atoms with Gasteiger partial charge in [0.05, 0.1) is 5.88 Å². The van der Waals surface area contributed by atoms with Crippen LogP contribution in [0.5, 0.6) is 5.75 Å². The molecule has 2 amide bonds. The Bertz CT molecular complexity index is 686. The minimum atomic E-state index is -2.34. The SMILES string of the molecule is CC(=O)NC1(C(=O)O)N(O)CSC2C(Oc3ccccc3)C(=O)N21. The lowest BCUT2D eigenvalue weighted by molar-refractivity contribution is -0.260. The van der Waals surface area contributed by atoms with Crippen molar-refractivity contribution in [2.45, 2.75) is 24.2 Å². The van der Waals surface area contributed by atoms with Crippen molar-refractivity contribution in [1.82, 2.24) is 15.3 Å². The highest BCUT2D eigenvalue weighted by molar-refractivity contribution is 8.00. The number of amides is 2. The molecule has 3 atom stereocenters. The predicted molar refractivity (Wildman–Crippen MR) is 81.8 cm³/mol. The molecule has 9 nitrogen and oxygen atoms in total. The van der Waals surface area contributed by atoms with Crippen molar-refractivity contribution < 1.29 is 29.4 Å². The molecule has 3 rings (SSSR count). The maximum atomic E-state index is 12.5. The second-order valence-corrected chi connectivity index (χ2v) is 6.38. The third-order valence-electron chi connectivity index (χ3n) is 3.74. The van der Waals surface area contributed by atoms with Crippen molar-refractivity contribution in [3.63, 3.8) is 0 Å². The van der Waals surface area contributed by atoms with Gasteiger partial charge < -0.3 is 20.4 Å². The Kier molecular flexibility index (Phi) is 4.11. The first kappa shape index (κ1) is 16.6. The lowest BCUT2D eigenvalue weighted by atomic mass is 10.0. The largest absolute Gasteiger partial charge is 0.477 e. The molecule has 3 N–H and O–H groups in total. The summed E-state index contributed by atoms with van der Waals surface area (Å²) in [5.41, 5.74) is 0. The maximum absolute atomic E-state index is 12.5. The number of hydrogen-bond donors (Lipinski definition) is 3. The molecule has 0 aliphatic carbocycles. The summed E-state index contributed by atoms with van der Waals surface area (Å²) in [4.78, 5) is 36.6. The van der Waals surface area contributed by atoms with Crippen molar-refractivity contribution in [2.75, 3.05) is 5.88 Å². The average molecular weight is 353 g/mol. The Balaban J connectivity index is 1.88. The van der Waals surface area contributed by atoms with E-state index >= 15 is 0 Å². The summed E-state index contributed by atoms with van der Waals surface area (Å²) in [6.45, 7) is 1.11. The number of rotatable bonds is 4. The molecule has 24 heavy (non-hydrogen) atoms. The minimum Gasteiger partial charge on any atom is -0.477 e. The first-order valence-electron chi connectivity index (χ1n) is 7.03. The van der Waals surface area contributed by atoms with Gasteiger partial charge >= 0.3 is 5.97 Å². The molecule has 2 aliphatic rings. The van der Waals surface area contributed by atoms with Crippen LogP contribution in [0.15, 0.2) is 30.3 Å². The number of hydroxylamine groups is 2. The van der Waals surface area contributed by atoms with Gasteiger partial charge in [0.2, 0.25) is 12.0 Å². The molecule has 0 spiro atoms. The van der Waals surface area contributed by atoms with E-state index in [4.69, 9.17) is 4.74 Å². The molecule has 0 aromatic heterocycles. The highest BCUT2D eigenvalue weighted by atomic mass is 32.2. The molecule has 128 valence electrons. The zero-order valence-electron chi connectivity index (χ0n) is 12.6. The summed E-state index contributed by atoms with van der Waals surface area (Å²) >= 11 is 1.14. The van der Waals surface area contributed by atoms with Crippen molar-refractivity contribution >= 4 is 29.5 Å². The Morgan fingerprint density at radius 1 is 1.38 bits per heavy atom. The Morgan fingerprint density at radius 3 is 2.62 bits per heavy atom. The molecule has 3 unspecified atom stereocenters. The molecule has 2 fully saturated rings. The van der Waals surface area contributed by atoms with E-state index in [-0.39, 0.29) is 5.88 Å². The normalized spacial score (nSPS) is 29.4. The first-order chi connectivity index (χ1) is 11.4. The topological polar surface area (TPSA) is 119 Å². The Labute approximate surface area is 141 Å². The van der Waals surface area contributed by atoms with Gasteiger partial charge in [-0.15, -0.1) is 16.8 Å². The first-order valence-corrected chi connectivity index (χ1v) is 8.08. The van der Waals surface area contributed by atoms with Gasteiger partial charge in [-0.25, -0.2) is 4.79 Å². The maximum Gasteiger partial charge on any atom is 0.369 e. The zero-order chi connectivity index (χ0) is 17.5. The third kappa shape index (κ3) is 2.39. The van der Waals surface area contributed by atoms with Crippen LogP contribution < -0.4 is 10.1 Å². The standard InChI is InChI=1S/C14H15N3O6S/c1-8(18)15-14(13(20)21)16(22)7-24-12-10(11(19)17(12)14)23-9-5-3-2-4-6-9/h2-6,10,12,22H,7H2,1H3,(H,15,18)(H,20,21). The summed E-state index contributed by atoms with van der Waals surface area (Å²) < 4.78 is 5.63. The zero-order valence-corrected chi connectivity index (χ0v) is 13.4. The van der Waals surface area contributed by atoms with Gasteiger partial charge in [-0.2, -0.15) is 0 Å². The van der Waals surface area contributed by atoms with Crippen molar-refractivity contribution in [3.8, 4) is 5.75 Å². The fourth-order valence-electron chi connectivity index (χ4n) is 2.70. The number of benzene rings is 1. The molecule has 0 bridgehead atoms. The molecule has 1 aromatic rings. The Morgan fingerprint density at radius 2 is 2.04 bits per heavy atom. The van der Waals surface area contributed by atoms with Crippen LogP contribution in [-0.2, 0) is 14.4 Å². The van der Waals surface area contributed by atoms with E-state index < -0.39 is 35.0 Å². The van der Waals surface area contributed by atoms with Crippen LogP contribution in [0.1, 0.15) is 6.92 Å². The number of β-lactam (4-membered cyclic amide) rings is 1. The van der Waals surface area contributed by atoms with E-state index in [0.29, 0.717) is 10.8 Å². The summed E-state index contributed by atoms with van der Waals surface area (Å²) in [7, 11) is 0. The van der Waals surface area contributed by atoms with Crippen molar-refractivity contribution in [2.24, 2.45) is 0 Å². The van der Waals surface area contributed by atoms with Crippen LogP contribution in [0, 0.1) is 0 Å². The number of para-hydroxylation sites is 1. The van der Waals surface area contributed by atoms with Gasteiger partial charge in [0.15, 0.2) is 0 Å². The van der Waals surface area contributed by atoms with E-state index in [1.54, 1.807) is 30.3 Å². The molecular weight excluding hydrogens is 338 g/mol. The Hall–Kier alpha value is -2.30. The smallest absolute Gasteiger partial charge is 0.369 e. The lowest BCUT2D eigenvalue weighted by Gasteiger charge is -2.58. The number of hydrogen-bond acceptors (Lipinski definition) is 7. The summed E-state index contributed by atoms with van der Waals surface area (Å²) in [6, 6.07) is 8.66. The van der Waals surface area contributed by atoms with Crippen molar-refractivity contribution in [3.05, 3.63) is 30.3 Å². The van der Waals surface area contributed by atoms with E-state index in [0.717, 1.165) is 23.6 Å². The van der Waals surface area contributed by atoms with E-state index in [2.05, 4.69) is 5.32 Å². The number of aliphatic carboxylic acids is 1. The number of nitrogens with one attached hydrogen (secondary N) is 1. The van der Waals surface area contributed by atoms with Crippen LogP contribution in [0.3, 0.4) is 0 Å². The van der Waals surface area contributed by atoms with Gasteiger partial charge in [-0.3, -0.25) is 14.5 Å². The predicted octanol–water partition coefficient (Wildman–Crippen LogP) is -0.128. The molecule has 2 heterocycles. The average Bonchev–Trinajstić information content (AvgIpc) is 2.54. The van der Waals surface area contributed by atoms with Gasteiger partial charge in [-0.1, -0.05) is 18.2 Å². The van der Waals surface area contributed by atoms with E-state index in [1.165, 1.54) is 0 Å². The fourth-order valence-corrected chi connectivity index (χ4v) is 3.93. The molecule has 2 saturated heterocycles. The van der Waals surface area contributed by atoms with E-state index in [1.807, 2.05) is 0 Å². The third-order valence-corrected chi connectivity index (χ3v) is 4.93. The number of carbonyl (C=O) groups is 3. The number of nitrogens with zero attached hydrogens (tertiary/aromatic N) is 2. The second kappa shape index (κ2) is 5.96.